The Morgan fingerprint density at radius 3 is 2.78 bits per heavy atom. The highest BCUT2D eigenvalue weighted by Gasteiger charge is 2.37. The van der Waals surface area contributed by atoms with E-state index in [-0.39, 0.29) is 22.8 Å². The third-order valence-electron chi connectivity index (χ3n) is 3.68. The van der Waals surface area contributed by atoms with Crippen molar-refractivity contribution in [1.82, 2.24) is 10.3 Å². The van der Waals surface area contributed by atoms with Gasteiger partial charge in [0, 0.05) is 10.7 Å². The second-order valence-electron chi connectivity index (χ2n) is 5.44. The lowest BCUT2D eigenvalue weighted by Crippen LogP contribution is -2.54. The number of imide groups is 2. The van der Waals surface area contributed by atoms with E-state index in [9.17, 15) is 19.5 Å². The minimum atomic E-state index is -0.852. The molecule has 0 atom stereocenters. The van der Waals surface area contributed by atoms with E-state index in [0.29, 0.717) is 16.6 Å². The molecule has 27 heavy (non-hydrogen) atoms. The van der Waals surface area contributed by atoms with E-state index < -0.39 is 17.8 Å². The van der Waals surface area contributed by atoms with Gasteiger partial charge in [-0.15, -0.1) is 0 Å². The molecular weight excluding hydrogens is 418 g/mol. The van der Waals surface area contributed by atoms with Crippen molar-refractivity contribution in [2.45, 2.75) is 6.92 Å². The topological polar surface area (TPSA) is 109 Å². The highest BCUT2D eigenvalue weighted by Crippen LogP contribution is 2.34. The van der Waals surface area contributed by atoms with Crippen molar-refractivity contribution in [1.29, 1.82) is 0 Å². The van der Waals surface area contributed by atoms with E-state index in [0.717, 1.165) is 4.90 Å². The van der Waals surface area contributed by atoms with E-state index in [4.69, 9.17) is 4.74 Å². The molecule has 4 amide bonds. The van der Waals surface area contributed by atoms with Crippen molar-refractivity contribution in [2.24, 2.45) is 0 Å². The van der Waals surface area contributed by atoms with Crippen LogP contribution >= 0.6 is 15.9 Å². The first kappa shape index (κ1) is 18.6. The number of ether oxygens (including phenoxy) is 1. The minimum Gasteiger partial charge on any atom is -0.504 e. The second-order valence-corrected chi connectivity index (χ2v) is 6.30. The summed E-state index contributed by atoms with van der Waals surface area (Å²) in [4.78, 5) is 41.9. The molecule has 9 heteroatoms. The van der Waals surface area contributed by atoms with Gasteiger partial charge in [0.15, 0.2) is 11.5 Å². The number of aromatic hydroxyl groups is 1. The molecule has 0 unspecified atom stereocenters. The molecule has 0 saturated carbocycles. The number of phenols is 1. The van der Waals surface area contributed by atoms with Crippen molar-refractivity contribution in [3.63, 3.8) is 0 Å². The Morgan fingerprint density at radius 1 is 1.33 bits per heavy atom. The molecule has 1 aromatic heterocycles. The van der Waals surface area contributed by atoms with Gasteiger partial charge in [-0.05, 0) is 42.8 Å². The number of hydrogen-bond donors (Lipinski definition) is 2. The lowest BCUT2D eigenvalue weighted by molar-refractivity contribution is -0.122. The van der Waals surface area contributed by atoms with Crippen LogP contribution in [0.4, 0.5) is 10.5 Å². The number of nitrogens with one attached hydrogen (secondary N) is 1. The number of pyridine rings is 1. The molecule has 0 spiro atoms. The van der Waals surface area contributed by atoms with Gasteiger partial charge in [-0.25, -0.2) is 9.69 Å². The molecular formula is C18H14BrN3O5. The molecule has 3 rings (SSSR count). The minimum absolute atomic E-state index is 0.0857. The predicted octanol–water partition coefficient (Wildman–Crippen LogP) is 2.61. The summed E-state index contributed by atoms with van der Waals surface area (Å²) < 4.78 is 5.77. The fourth-order valence-corrected chi connectivity index (χ4v) is 2.92. The summed E-state index contributed by atoms with van der Waals surface area (Å²) in [5.41, 5.74) is 0.417. The quantitative estimate of drug-likeness (QED) is 0.568. The molecule has 1 aliphatic heterocycles. The third kappa shape index (κ3) is 3.68. The second kappa shape index (κ2) is 7.58. The normalized spacial score (nSPS) is 15.9. The zero-order valence-electron chi connectivity index (χ0n) is 14.1. The average molecular weight is 432 g/mol. The maximum absolute atomic E-state index is 12.8. The number of nitrogens with zero attached hydrogens (tertiary/aromatic N) is 2. The van der Waals surface area contributed by atoms with Gasteiger partial charge < -0.3 is 9.84 Å². The molecule has 2 heterocycles. The van der Waals surface area contributed by atoms with Crippen molar-refractivity contribution in [3.05, 3.63) is 52.3 Å². The molecule has 0 bridgehead atoms. The maximum Gasteiger partial charge on any atom is 0.336 e. The van der Waals surface area contributed by atoms with Crippen molar-refractivity contribution in [2.75, 3.05) is 11.5 Å². The zero-order valence-corrected chi connectivity index (χ0v) is 15.7. The van der Waals surface area contributed by atoms with Gasteiger partial charge >= 0.3 is 6.03 Å². The van der Waals surface area contributed by atoms with Crippen LogP contribution in [-0.4, -0.2) is 34.5 Å². The van der Waals surface area contributed by atoms with Crippen LogP contribution < -0.4 is 15.0 Å². The van der Waals surface area contributed by atoms with E-state index in [1.807, 2.05) is 0 Å². The summed E-state index contributed by atoms with van der Waals surface area (Å²) in [5, 5.41) is 12.0. The third-order valence-corrected chi connectivity index (χ3v) is 4.37. The summed E-state index contributed by atoms with van der Waals surface area (Å²) >= 11 is 3.28. The molecule has 2 N–H and O–H groups in total. The van der Waals surface area contributed by atoms with Crippen molar-refractivity contribution >= 4 is 45.5 Å². The smallest absolute Gasteiger partial charge is 0.336 e. The van der Waals surface area contributed by atoms with Crippen LogP contribution in [0.1, 0.15) is 12.5 Å². The fourth-order valence-electron chi connectivity index (χ4n) is 2.47. The first-order valence-corrected chi connectivity index (χ1v) is 8.68. The number of benzene rings is 1. The fraction of sp³-hybridized carbons (Fsp3) is 0.111. The Bertz CT molecular complexity index is 959. The van der Waals surface area contributed by atoms with Gasteiger partial charge in [0.25, 0.3) is 11.8 Å². The summed E-state index contributed by atoms with van der Waals surface area (Å²) in [6.45, 7) is 2.09. The summed E-state index contributed by atoms with van der Waals surface area (Å²) in [5.74, 6) is -1.48. The monoisotopic (exact) mass is 431 g/mol. The standard InChI is InChI=1S/C18H14BrN3O5/c1-2-27-15-7-10(13(19)8-14(15)23)6-12-16(24)21-18(26)22(17(12)25)11-4-3-5-20-9-11/h3-9,23H,2H2,1H3,(H,21,24,26)/b12-6+. The molecule has 0 aliphatic carbocycles. The molecule has 2 aromatic rings. The highest BCUT2D eigenvalue weighted by molar-refractivity contribution is 9.10. The van der Waals surface area contributed by atoms with Gasteiger partial charge in [-0.2, -0.15) is 0 Å². The van der Waals surface area contributed by atoms with E-state index in [1.54, 1.807) is 13.0 Å². The largest absolute Gasteiger partial charge is 0.504 e. The number of carbonyl (C=O) groups excluding carboxylic acids is 3. The number of aromatic nitrogens is 1. The molecule has 1 saturated heterocycles. The highest BCUT2D eigenvalue weighted by atomic mass is 79.9. The van der Waals surface area contributed by atoms with Gasteiger partial charge in [-0.3, -0.25) is 19.9 Å². The number of urea groups is 1. The van der Waals surface area contributed by atoms with Crippen LogP contribution in [0.3, 0.4) is 0 Å². The molecule has 8 nitrogen and oxygen atoms in total. The molecule has 1 fully saturated rings. The first-order valence-electron chi connectivity index (χ1n) is 7.89. The van der Waals surface area contributed by atoms with E-state index in [2.05, 4.69) is 26.2 Å². The SMILES string of the molecule is CCOc1cc(/C=C2\C(=O)NC(=O)N(c3cccnc3)C2=O)c(Br)cc1O. The molecule has 0 radical (unpaired) electrons. The molecule has 1 aliphatic rings. The van der Waals surface area contributed by atoms with Crippen LogP contribution in [0.15, 0.2) is 46.7 Å². The van der Waals surface area contributed by atoms with Gasteiger partial charge in [0.1, 0.15) is 5.57 Å². The number of hydrogen-bond acceptors (Lipinski definition) is 6. The number of carbonyl (C=O) groups is 3. The Labute approximate surface area is 162 Å². The number of phenolic OH excluding ortho intramolecular Hbond substituents is 1. The van der Waals surface area contributed by atoms with Crippen LogP contribution in [0.2, 0.25) is 0 Å². The summed E-state index contributed by atoms with van der Waals surface area (Å²) in [6, 6.07) is 5.13. The van der Waals surface area contributed by atoms with Gasteiger partial charge in [-0.1, -0.05) is 15.9 Å². The van der Waals surface area contributed by atoms with Crippen molar-refractivity contribution in [3.8, 4) is 11.5 Å². The van der Waals surface area contributed by atoms with Crippen LogP contribution in [-0.2, 0) is 9.59 Å². The van der Waals surface area contributed by atoms with Crippen LogP contribution in [0.25, 0.3) is 6.08 Å². The molecule has 1 aromatic carbocycles. The Morgan fingerprint density at radius 2 is 2.11 bits per heavy atom. The lowest BCUT2D eigenvalue weighted by Gasteiger charge is -2.26. The van der Waals surface area contributed by atoms with Gasteiger partial charge in [0.05, 0.1) is 18.5 Å². The van der Waals surface area contributed by atoms with E-state index >= 15 is 0 Å². The number of halogens is 1. The average Bonchev–Trinajstić information content (AvgIpc) is 2.63. The zero-order chi connectivity index (χ0) is 19.6. The van der Waals surface area contributed by atoms with Gasteiger partial charge in [0.2, 0.25) is 0 Å². The molecule has 138 valence electrons. The Balaban J connectivity index is 2.05. The number of barbiturate groups is 1. The first-order chi connectivity index (χ1) is 12.9. The Kier molecular flexibility index (Phi) is 5.22. The lowest BCUT2D eigenvalue weighted by atomic mass is 10.1. The van der Waals surface area contributed by atoms with E-state index in [1.165, 1.54) is 36.7 Å². The van der Waals surface area contributed by atoms with Crippen LogP contribution in [0, 0.1) is 0 Å². The summed E-state index contributed by atoms with van der Waals surface area (Å²) in [7, 11) is 0. The van der Waals surface area contributed by atoms with Crippen molar-refractivity contribution < 1.29 is 24.2 Å². The van der Waals surface area contributed by atoms with Crippen LogP contribution in [0.5, 0.6) is 11.5 Å². The summed E-state index contributed by atoms with van der Waals surface area (Å²) in [6.07, 6.45) is 4.16. The number of rotatable bonds is 4. The maximum atomic E-state index is 12.8. The Hall–Kier alpha value is -3.20. The predicted molar refractivity (Wildman–Crippen MR) is 100 cm³/mol. The number of amides is 4. The number of anilines is 1.